The van der Waals surface area contributed by atoms with E-state index in [4.69, 9.17) is 9.47 Å². The monoisotopic (exact) mass is 336 g/mol. The van der Waals surface area contributed by atoms with Crippen LogP contribution in [0.5, 0.6) is 5.88 Å². The lowest BCUT2D eigenvalue weighted by atomic mass is 10.1. The van der Waals surface area contributed by atoms with Crippen molar-refractivity contribution in [3.63, 3.8) is 0 Å². The van der Waals surface area contributed by atoms with Crippen LogP contribution in [0, 0.1) is 0 Å². The van der Waals surface area contributed by atoms with Gasteiger partial charge in [0.2, 0.25) is 5.88 Å². The van der Waals surface area contributed by atoms with Crippen LogP contribution in [-0.4, -0.2) is 25.1 Å². The first-order chi connectivity index (χ1) is 12.2. The van der Waals surface area contributed by atoms with Gasteiger partial charge in [0, 0.05) is 30.7 Å². The smallest absolute Gasteiger partial charge is 0.251 e. The zero-order valence-corrected chi connectivity index (χ0v) is 14.3. The van der Waals surface area contributed by atoms with Crippen LogP contribution in [0.2, 0.25) is 0 Å². The van der Waals surface area contributed by atoms with Gasteiger partial charge in [-0.2, -0.15) is 0 Å². The maximum absolute atomic E-state index is 12.6. The van der Waals surface area contributed by atoms with E-state index in [9.17, 15) is 4.79 Å². The summed E-state index contributed by atoms with van der Waals surface area (Å²) >= 11 is 0. The summed E-state index contributed by atoms with van der Waals surface area (Å²) in [5.41, 5.74) is 3.28. The van der Waals surface area contributed by atoms with Gasteiger partial charge in [0.15, 0.2) is 0 Å². The van der Waals surface area contributed by atoms with Gasteiger partial charge in [0.25, 0.3) is 5.91 Å². The molecule has 3 rings (SSSR count). The van der Waals surface area contributed by atoms with Crippen molar-refractivity contribution in [2.24, 2.45) is 0 Å². The van der Waals surface area contributed by atoms with E-state index in [1.165, 1.54) is 0 Å². The molecule has 0 aliphatic rings. The molecule has 0 fully saturated rings. The molecule has 0 saturated carbocycles. The fourth-order valence-corrected chi connectivity index (χ4v) is 2.77. The highest BCUT2D eigenvalue weighted by Gasteiger charge is 2.12. The number of hydrogen-bond acceptors (Lipinski definition) is 4. The van der Waals surface area contributed by atoms with Gasteiger partial charge < -0.3 is 14.8 Å². The third-order valence-corrected chi connectivity index (χ3v) is 3.99. The summed E-state index contributed by atoms with van der Waals surface area (Å²) in [6.45, 7) is 0.787. The summed E-state index contributed by atoms with van der Waals surface area (Å²) in [5, 5.41) is 3.97. The van der Waals surface area contributed by atoms with E-state index in [1.807, 2.05) is 48.5 Å². The molecular formula is C20H20N2O3. The van der Waals surface area contributed by atoms with E-state index in [-0.39, 0.29) is 5.91 Å². The number of carbonyl (C=O) groups excluding carboxylic acids is 1. The number of nitrogens with one attached hydrogen (secondary N) is 1. The molecule has 5 nitrogen and oxygen atoms in total. The van der Waals surface area contributed by atoms with Crippen molar-refractivity contribution in [3.05, 3.63) is 71.3 Å². The van der Waals surface area contributed by atoms with Gasteiger partial charge in [-0.3, -0.25) is 4.79 Å². The van der Waals surface area contributed by atoms with Crippen molar-refractivity contribution >= 4 is 16.8 Å². The Morgan fingerprint density at radius 3 is 2.60 bits per heavy atom. The number of aromatic nitrogens is 1. The molecule has 25 heavy (non-hydrogen) atoms. The molecule has 0 aliphatic heterocycles. The van der Waals surface area contributed by atoms with Crippen LogP contribution in [0.3, 0.4) is 0 Å². The quantitative estimate of drug-likeness (QED) is 0.750. The van der Waals surface area contributed by atoms with Crippen LogP contribution < -0.4 is 10.1 Å². The number of pyridine rings is 1. The van der Waals surface area contributed by atoms with Crippen molar-refractivity contribution in [1.29, 1.82) is 0 Å². The van der Waals surface area contributed by atoms with Crippen LogP contribution in [0.15, 0.2) is 54.6 Å². The first-order valence-corrected chi connectivity index (χ1v) is 8.00. The Hall–Kier alpha value is -2.92. The average Bonchev–Trinajstić information content (AvgIpc) is 2.66. The van der Waals surface area contributed by atoms with Crippen molar-refractivity contribution in [2.45, 2.75) is 13.2 Å². The van der Waals surface area contributed by atoms with E-state index in [2.05, 4.69) is 10.3 Å². The second-order valence-electron chi connectivity index (χ2n) is 5.61. The van der Waals surface area contributed by atoms with E-state index in [0.29, 0.717) is 24.6 Å². The van der Waals surface area contributed by atoms with Gasteiger partial charge in [0.05, 0.1) is 19.2 Å². The van der Waals surface area contributed by atoms with Crippen molar-refractivity contribution in [1.82, 2.24) is 10.3 Å². The lowest BCUT2D eigenvalue weighted by Gasteiger charge is -2.12. The highest BCUT2D eigenvalue weighted by Crippen LogP contribution is 2.22. The first kappa shape index (κ1) is 16.9. The second kappa shape index (κ2) is 7.77. The number of para-hydroxylation sites is 1. The Bertz CT molecular complexity index is 893. The normalized spacial score (nSPS) is 10.6. The second-order valence-corrected chi connectivity index (χ2v) is 5.61. The number of rotatable bonds is 6. The van der Waals surface area contributed by atoms with Crippen molar-refractivity contribution < 1.29 is 14.3 Å². The minimum atomic E-state index is -0.132. The molecule has 0 spiro atoms. The molecule has 3 aromatic rings. The number of hydrogen-bond donors (Lipinski definition) is 1. The molecule has 0 unspecified atom stereocenters. The molecule has 0 atom stereocenters. The van der Waals surface area contributed by atoms with E-state index in [0.717, 1.165) is 22.0 Å². The molecule has 0 saturated heterocycles. The maximum Gasteiger partial charge on any atom is 0.251 e. The summed E-state index contributed by atoms with van der Waals surface area (Å²) < 4.78 is 10.4. The topological polar surface area (TPSA) is 60.5 Å². The minimum Gasteiger partial charge on any atom is -0.481 e. The zero-order chi connectivity index (χ0) is 17.6. The van der Waals surface area contributed by atoms with Crippen LogP contribution in [-0.2, 0) is 17.9 Å². The van der Waals surface area contributed by atoms with Crippen LogP contribution in [0.4, 0.5) is 0 Å². The number of carbonyl (C=O) groups is 1. The van der Waals surface area contributed by atoms with Gasteiger partial charge in [-0.05, 0) is 23.3 Å². The fourth-order valence-electron chi connectivity index (χ4n) is 2.77. The number of nitrogens with zero attached hydrogens (tertiary/aromatic N) is 1. The molecule has 1 N–H and O–H groups in total. The highest BCUT2D eigenvalue weighted by molar-refractivity contribution is 5.96. The summed E-state index contributed by atoms with van der Waals surface area (Å²) in [5.74, 6) is 0.398. The molecule has 5 heteroatoms. The predicted octanol–water partition coefficient (Wildman–Crippen LogP) is 3.32. The number of ether oxygens (including phenoxy) is 2. The van der Waals surface area contributed by atoms with Gasteiger partial charge in [-0.1, -0.05) is 36.4 Å². The standard InChI is InChI=1S/C20H20N2O3/c1-24-13-14-7-3-4-9-17(14)20(23)21-12-15-11-19(25-2)22-18-10-6-5-8-16(15)18/h3-11H,12-13H2,1-2H3,(H,21,23). The molecule has 1 amide bonds. The average molecular weight is 336 g/mol. The van der Waals surface area contributed by atoms with E-state index < -0.39 is 0 Å². The number of methoxy groups -OCH3 is 2. The van der Waals surface area contributed by atoms with E-state index >= 15 is 0 Å². The molecule has 128 valence electrons. The van der Waals surface area contributed by atoms with Gasteiger partial charge in [-0.15, -0.1) is 0 Å². The Morgan fingerprint density at radius 1 is 1.04 bits per heavy atom. The summed E-state index contributed by atoms with van der Waals surface area (Å²) in [7, 11) is 3.20. The van der Waals surface area contributed by atoms with Gasteiger partial charge >= 0.3 is 0 Å². The summed E-state index contributed by atoms with van der Waals surface area (Å²) in [6.07, 6.45) is 0. The molecule has 2 aromatic carbocycles. The van der Waals surface area contributed by atoms with E-state index in [1.54, 1.807) is 20.3 Å². The zero-order valence-electron chi connectivity index (χ0n) is 14.3. The third kappa shape index (κ3) is 3.78. The summed E-state index contributed by atoms with van der Waals surface area (Å²) in [6, 6.07) is 17.1. The number of fused-ring (bicyclic) bond motifs is 1. The molecule has 0 radical (unpaired) electrons. The molecular weight excluding hydrogens is 316 g/mol. The first-order valence-electron chi connectivity index (χ1n) is 8.00. The Balaban J connectivity index is 1.84. The number of amides is 1. The van der Waals surface area contributed by atoms with Gasteiger partial charge in [-0.25, -0.2) is 4.98 Å². The van der Waals surface area contributed by atoms with Crippen molar-refractivity contribution in [2.75, 3.05) is 14.2 Å². The fraction of sp³-hybridized carbons (Fsp3) is 0.200. The molecule has 0 aliphatic carbocycles. The maximum atomic E-state index is 12.6. The largest absolute Gasteiger partial charge is 0.481 e. The Kier molecular flexibility index (Phi) is 5.26. The van der Waals surface area contributed by atoms with Crippen molar-refractivity contribution in [3.8, 4) is 5.88 Å². The summed E-state index contributed by atoms with van der Waals surface area (Å²) in [4.78, 5) is 17.0. The molecule has 0 bridgehead atoms. The van der Waals surface area contributed by atoms with Crippen LogP contribution in [0.25, 0.3) is 10.9 Å². The Labute approximate surface area is 146 Å². The van der Waals surface area contributed by atoms with Gasteiger partial charge in [0.1, 0.15) is 0 Å². The third-order valence-electron chi connectivity index (χ3n) is 3.99. The Morgan fingerprint density at radius 2 is 1.80 bits per heavy atom. The minimum absolute atomic E-state index is 0.132. The molecule has 1 heterocycles. The highest BCUT2D eigenvalue weighted by atomic mass is 16.5. The number of benzene rings is 2. The van der Waals surface area contributed by atoms with Crippen LogP contribution >= 0.6 is 0 Å². The van der Waals surface area contributed by atoms with Crippen LogP contribution in [0.1, 0.15) is 21.5 Å². The lowest BCUT2D eigenvalue weighted by molar-refractivity contribution is 0.0946. The lowest BCUT2D eigenvalue weighted by Crippen LogP contribution is -2.24. The molecule has 1 aromatic heterocycles. The SMILES string of the molecule is COCc1ccccc1C(=O)NCc1cc(OC)nc2ccccc12. The predicted molar refractivity (Wildman–Crippen MR) is 96.6 cm³/mol.